The van der Waals surface area contributed by atoms with Crippen LogP contribution in [0.15, 0.2) is 24.8 Å². The molecule has 0 aliphatic rings. The summed E-state index contributed by atoms with van der Waals surface area (Å²) < 4.78 is 0. The first-order valence-corrected chi connectivity index (χ1v) is 3.15. The molecule has 0 saturated heterocycles. The molecule has 1 rings (SSSR count). The summed E-state index contributed by atoms with van der Waals surface area (Å²) in [5, 5.41) is 9.08. The molecule has 1 nitrogen and oxygen atoms in total. The lowest BCUT2D eigenvalue weighted by Gasteiger charge is -1.96. The van der Waals surface area contributed by atoms with E-state index in [9.17, 15) is 0 Å². The highest BCUT2D eigenvalue weighted by molar-refractivity contribution is 5.51. The van der Waals surface area contributed by atoms with Crippen LogP contribution >= 0.6 is 0 Å². The molecule has 0 amide bonds. The third kappa shape index (κ3) is 1.38. The predicted octanol–water partition coefficient (Wildman–Crippen LogP) is 2.34. The van der Waals surface area contributed by atoms with Crippen LogP contribution in [0.2, 0.25) is 0 Å². The van der Waals surface area contributed by atoms with Gasteiger partial charge < -0.3 is 5.11 Å². The van der Waals surface area contributed by atoms with E-state index in [1.807, 2.05) is 13.0 Å². The molecule has 10 heavy (non-hydrogen) atoms. The Bertz CT molecular complexity index is 231. The summed E-state index contributed by atoms with van der Waals surface area (Å²) in [6.07, 6.45) is 1.72. The Labute approximate surface area is 60.6 Å². The molecule has 0 aromatic heterocycles. The van der Waals surface area contributed by atoms with Crippen molar-refractivity contribution in [1.29, 1.82) is 0 Å². The average Bonchev–Trinajstić information content (AvgIpc) is 1.85. The van der Waals surface area contributed by atoms with Crippen LogP contribution in [0.25, 0.3) is 6.08 Å². The molecule has 1 aromatic carbocycles. The molecule has 1 aromatic rings. The maximum Gasteiger partial charge on any atom is 0.116 e. The summed E-state index contributed by atoms with van der Waals surface area (Å²) in [6.45, 7) is 5.54. The van der Waals surface area contributed by atoms with Crippen LogP contribution in [0.5, 0.6) is 5.75 Å². The van der Waals surface area contributed by atoms with Crippen molar-refractivity contribution >= 4 is 6.08 Å². The van der Waals surface area contributed by atoms with E-state index in [1.54, 1.807) is 18.2 Å². The number of phenols is 1. The summed E-state index contributed by atoms with van der Waals surface area (Å²) in [7, 11) is 0. The molecule has 0 bridgehead atoms. The van der Waals surface area contributed by atoms with E-state index in [-0.39, 0.29) is 0 Å². The monoisotopic (exact) mass is 134 g/mol. The van der Waals surface area contributed by atoms with Crippen LogP contribution in [0.1, 0.15) is 11.1 Å². The molecule has 1 heteroatoms. The minimum atomic E-state index is 0.301. The number of hydrogen-bond donors (Lipinski definition) is 1. The van der Waals surface area contributed by atoms with Gasteiger partial charge >= 0.3 is 0 Å². The SMILES string of the molecule is C=Cc1cc(C)cc(O)c1. The van der Waals surface area contributed by atoms with Crippen LogP contribution in [-0.4, -0.2) is 5.11 Å². The van der Waals surface area contributed by atoms with E-state index in [0.717, 1.165) is 11.1 Å². The molecular formula is C9H10O. The van der Waals surface area contributed by atoms with Gasteiger partial charge in [0.1, 0.15) is 5.75 Å². The van der Waals surface area contributed by atoms with Gasteiger partial charge in [-0.05, 0) is 30.2 Å². The molecular weight excluding hydrogens is 124 g/mol. The van der Waals surface area contributed by atoms with Crippen LogP contribution in [0.3, 0.4) is 0 Å². The fraction of sp³-hybridized carbons (Fsp3) is 0.111. The molecule has 0 radical (unpaired) electrons. The van der Waals surface area contributed by atoms with Crippen LogP contribution in [0, 0.1) is 6.92 Å². The Morgan fingerprint density at radius 3 is 2.60 bits per heavy atom. The summed E-state index contributed by atoms with van der Waals surface area (Å²) in [4.78, 5) is 0. The molecule has 0 unspecified atom stereocenters. The third-order valence-corrected chi connectivity index (χ3v) is 1.32. The number of rotatable bonds is 1. The first-order valence-electron chi connectivity index (χ1n) is 3.15. The summed E-state index contributed by atoms with van der Waals surface area (Å²) >= 11 is 0. The van der Waals surface area contributed by atoms with E-state index in [2.05, 4.69) is 6.58 Å². The lowest BCUT2D eigenvalue weighted by molar-refractivity contribution is 0.475. The van der Waals surface area contributed by atoms with Crippen molar-refractivity contribution in [2.24, 2.45) is 0 Å². The van der Waals surface area contributed by atoms with Gasteiger partial charge in [-0.1, -0.05) is 18.7 Å². The maximum absolute atomic E-state index is 9.08. The quantitative estimate of drug-likeness (QED) is 0.625. The second-order valence-electron chi connectivity index (χ2n) is 2.31. The maximum atomic E-state index is 9.08. The fourth-order valence-electron chi connectivity index (χ4n) is 0.910. The van der Waals surface area contributed by atoms with E-state index >= 15 is 0 Å². The van der Waals surface area contributed by atoms with Crippen LogP contribution in [0.4, 0.5) is 0 Å². The second-order valence-corrected chi connectivity index (χ2v) is 2.31. The molecule has 1 N–H and O–H groups in total. The van der Waals surface area contributed by atoms with Gasteiger partial charge in [0.2, 0.25) is 0 Å². The molecule has 0 spiro atoms. The van der Waals surface area contributed by atoms with Crippen molar-refractivity contribution in [3.63, 3.8) is 0 Å². The van der Waals surface area contributed by atoms with Crippen molar-refractivity contribution in [3.8, 4) is 5.75 Å². The molecule has 0 atom stereocenters. The topological polar surface area (TPSA) is 20.2 Å². The smallest absolute Gasteiger partial charge is 0.116 e. The molecule has 0 aliphatic carbocycles. The lowest BCUT2D eigenvalue weighted by atomic mass is 10.1. The zero-order valence-corrected chi connectivity index (χ0v) is 5.96. The lowest BCUT2D eigenvalue weighted by Crippen LogP contribution is -1.74. The van der Waals surface area contributed by atoms with E-state index in [1.165, 1.54) is 0 Å². The van der Waals surface area contributed by atoms with Gasteiger partial charge in [-0.2, -0.15) is 0 Å². The average molecular weight is 134 g/mol. The molecule has 52 valence electrons. The fourth-order valence-corrected chi connectivity index (χ4v) is 0.910. The second kappa shape index (κ2) is 2.56. The highest BCUT2D eigenvalue weighted by atomic mass is 16.3. The number of aryl methyl sites for hydroxylation is 1. The first-order chi connectivity index (χ1) is 4.72. The highest BCUT2D eigenvalue weighted by Crippen LogP contribution is 2.15. The number of aromatic hydroxyl groups is 1. The van der Waals surface area contributed by atoms with Crippen molar-refractivity contribution in [2.75, 3.05) is 0 Å². The van der Waals surface area contributed by atoms with Gasteiger partial charge in [-0.3, -0.25) is 0 Å². The third-order valence-electron chi connectivity index (χ3n) is 1.32. The minimum absolute atomic E-state index is 0.301. The Kier molecular flexibility index (Phi) is 1.76. The molecule has 0 aliphatic heterocycles. The van der Waals surface area contributed by atoms with Crippen molar-refractivity contribution < 1.29 is 5.11 Å². The van der Waals surface area contributed by atoms with Gasteiger partial charge in [0, 0.05) is 0 Å². The van der Waals surface area contributed by atoms with Gasteiger partial charge in [0.05, 0.1) is 0 Å². The Balaban J connectivity index is 3.18. The van der Waals surface area contributed by atoms with Crippen molar-refractivity contribution in [2.45, 2.75) is 6.92 Å². The Hall–Kier alpha value is -1.24. The van der Waals surface area contributed by atoms with E-state index < -0.39 is 0 Å². The Morgan fingerprint density at radius 1 is 1.40 bits per heavy atom. The van der Waals surface area contributed by atoms with Crippen LogP contribution in [-0.2, 0) is 0 Å². The Morgan fingerprint density at radius 2 is 2.10 bits per heavy atom. The summed E-state index contributed by atoms with van der Waals surface area (Å²) in [5.41, 5.74) is 2.01. The standard InChI is InChI=1S/C9H10O/c1-3-8-4-7(2)5-9(10)6-8/h3-6,10H,1H2,2H3. The number of phenolic OH excluding ortho intramolecular Hbond substituents is 1. The molecule has 0 saturated carbocycles. The molecule has 0 heterocycles. The molecule has 0 fully saturated rings. The zero-order chi connectivity index (χ0) is 7.56. The number of hydrogen-bond acceptors (Lipinski definition) is 1. The van der Waals surface area contributed by atoms with Gasteiger partial charge in [-0.15, -0.1) is 0 Å². The van der Waals surface area contributed by atoms with Gasteiger partial charge in [-0.25, -0.2) is 0 Å². The largest absolute Gasteiger partial charge is 0.508 e. The van der Waals surface area contributed by atoms with Gasteiger partial charge in [0.15, 0.2) is 0 Å². The number of benzene rings is 1. The van der Waals surface area contributed by atoms with Crippen molar-refractivity contribution in [3.05, 3.63) is 35.9 Å². The van der Waals surface area contributed by atoms with E-state index in [4.69, 9.17) is 5.11 Å². The zero-order valence-electron chi connectivity index (χ0n) is 5.96. The minimum Gasteiger partial charge on any atom is -0.508 e. The predicted molar refractivity (Wildman–Crippen MR) is 42.9 cm³/mol. The normalized spacial score (nSPS) is 9.30. The summed E-state index contributed by atoms with van der Waals surface area (Å²) in [6, 6.07) is 5.36. The van der Waals surface area contributed by atoms with Crippen LogP contribution < -0.4 is 0 Å². The van der Waals surface area contributed by atoms with Crippen molar-refractivity contribution in [1.82, 2.24) is 0 Å². The van der Waals surface area contributed by atoms with Gasteiger partial charge in [0.25, 0.3) is 0 Å². The van der Waals surface area contributed by atoms with E-state index in [0.29, 0.717) is 5.75 Å². The highest BCUT2D eigenvalue weighted by Gasteiger charge is 1.91. The first kappa shape index (κ1) is 6.87. The summed E-state index contributed by atoms with van der Waals surface area (Å²) in [5.74, 6) is 0.301.